The molecule has 0 aliphatic rings. The van der Waals surface area contributed by atoms with Gasteiger partial charge in [0.05, 0.1) is 12.2 Å². The van der Waals surface area contributed by atoms with Crippen molar-refractivity contribution in [1.29, 1.82) is 0 Å². The largest absolute Gasteiger partial charge is 0.550 e. The minimum Gasteiger partial charge on any atom is -0.550 e. The highest BCUT2D eigenvalue weighted by atomic mass is 16.4. The number of carbonyl (C=O) groups excluding carboxylic acids is 2. The second-order valence-electron chi connectivity index (χ2n) is 5.40. The zero-order valence-electron chi connectivity index (χ0n) is 14.6. The van der Waals surface area contributed by atoms with Gasteiger partial charge in [-0.05, 0) is 31.8 Å². The smallest absolute Gasteiger partial charge is 0.155 e. The number of rotatable bonds is 13. The van der Waals surface area contributed by atoms with Crippen molar-refractivity contribution in [3.8, 4) is 0 Å². The van der Waals surface area contributed by atoms with Gasteiger partial charge >= 0.3 is 0 Å². The average molecular weight is 347 g/mol. The summed E-state index contributed by atoms with van der Waals surface area (Å²) in [6.45, 7) is 1.80. The Hall–Kier alpha value is -2.24. The summed E-state index contributed by atoms with van der Waals surface area (Å²) in [6, 6.07) is 0. The number of hydrogen-bond donors (Lipinski definition) is 2. The van der Waals surface area contributed by atoms with Crippen molar-refractivity contribution >= 4 is 11.8 Å². The van der Waals surface area contributed by atoms with Gasteiger partial charge in [-0.2, -0.15) is 0 Å². The normalized spacial score (nSPS) is 15.2. The Balaban J connectivity index is 3.97. The van der Waals surface area contributed by atoms with Gasteiger partial charge in [0.2, 0.25) is 0 Å². The Morgan fingerprint density at radius 1 is 0.960 bits per heavy atom. The van der Waals surface area contributed by atoms with Crippen LogP contribution in [0.4, 0.5) is 0 Å². The first-order valence-corrected chi connectivity index (χ1v) is 8.39. The van der Waals surface area contributed by atoms with Crippen LogP contribution >= 0.6 is 0 Å². The van der Waals surface area contributed by atoms with Crippen LogP contribution in [0.3, 0.4) is 0 Å². The van der Waals surface area contributed by atoms with Crippen LogP contribution in [-0.2, 0) is 9.59 Å². The quantitative estimate of drug-likeness (QED) is 0.391. The van der Waals surface area contributed by atoms with Crippen LogP contribution in [0.1, 0.15) is 39.0 Å². The van der Waals surface area contributed by atoms with E-state index in [4.69, 9.17) is 0 Å². The van der Waals surface area contributed by atoms with Crippen LogP contribution in [0.2, 0.25) is 0 Å². The SMILES string of the molecule is CCC(=O)/C=C/C=C\C[C@@H](O)/C=C/C=C/C=C\[C@@H](O)CCCC(=O)[O-]. The van der Waals surface area contributed by atoms with E-state index in [9.17, 15) is 24.9 Å². The van der Waals surface area contributed by atoms with Gasteiger partial charge in [0.25, 0.3) is 0 Å². The van der Waals surface area contributed by atoms with E-state index in [1.807, 2.05) is 0 Å². The fourth-order valence-corrected chi connectivity index (χ4v) is 1.72. The predicted molar refractivity (Wildman–Crippen MR) is 96.5 cm³/mol. The van der Waals surface area contributed by atoms with Gasteiger partial charge < -0.3 is 20.1 Å². The van der Waals surface area contributed by atoms with E-state index in [-0.39, 0.29) is 12.2 Å². The Kier molecular flexibility index (Phi) is 13.9. The van der Waals surface area contributed by atoms with E-state index in [1.165, 1.54) is 6.08 Å². The maximum absolute atomic E-state index is 11.0. The zero-order valence-corrected chi connectivity index (χ0v) is 14.6. The second-order valence-corrected chi connectivity index (χ2v) is 5.40. The highest BCUT2D eigenvalue weighted by Gasteiger charge is 1.97. The van der Waals surface area contributed by atoms with Crippen molar-refractivity contribution in [3.05, 3.63) is 60.8 Å². The van der Waals surface area contributed by atoms with Crippen LogP contribution in [-0.4, -0.2) is 34.2 Å². The molecule has 0 aliphatic heterocycles. The molecule has 0 fully saturated rings. The first kappa shape index (κ1) is 22.8. The van der Waals surface area contributed by atoms with Crippen molar-refractivity contribution in [1.82, 2.24) is 0 Å². The van der Waals surface area contributed by atoms with Crippen molar-refractivity contribution in [3.63, 3.8) is 0 Å². The predicted octanol–water partition coefficient (Wildman–Crippen LogP) is 1.78. The van der Waals surface area contributed by atoms with Gasteiger partial charge in [0.15, 0.2) is 5.78 Å². The monoisotopic (exact) mass is 347 g/mol. The van der Waals surface area contributed by atoms with Gasteiger partial charge in [-0.3, -0.25) is 4.79 Å². The number of aliphatic hydroxyl groups is 2. The van der Waals surface area contributed by atoms with Crippen LogP contribution in [0, 0.1) is 0 Å². The summed E-state index contributed by atoms with van der Waals surface area (Å²) in [7, 11) is 0. The van der Waals surface area contributed by atoms with Crippen LogP contribution in [0.25, 0.3) is 0 Å². The number of carbonyl (C=O) groups is 2. The third-order valence-corrected chi connectivity index (χ3v) is 3.14. The molecular weight excluding hydrogens is 320 g/mol. The molecule has 0 unspecified atom stereocenters. The first-order valence-electron chi connectivity index (χ1n) is 8.39. The summed E-state index contributed by atoms with van der Waals surface area (Å²) in [4.78, 5) is 21.3. The minimum atomic E-state index is -1.11. The molecule has 0 aromatic rings. The van der Waals surface area contributed by atoms with E-state index in [0.717, 1.165) is 0 Å². The summed E-state index contributed by atoms with van der Waals surface area (Å²) < 4.78 is 0. The fraction of sp³-hybridized carbons (Fsp3) is 0.400. The summed E-state index contributed by atoms with van der Waals surface area (Å²) in [5.41, 5.74) is 0. The van der Waals surface area contributed by atoms with E-state index >= 15 is 0 Å². The van der Waals surface area contributed by atoms with E-state index in [0.29, 0.717) is 25.7 Å². The summed E-state index contributed by atoms with van der Waals surface area (Å²) in [5, 5.41) is 29.5. The molecule has 2 N–H and O–H groups in total. The van der Waals surface area contributed by atoms with Crippen molar-refractivity contribution < 1.29 is 24.9 Å². The number of hydrogen-bond acceptors (Lipinski definition) is 5. The van der Waals surface area contributed by atoms with Gasteiger partial charge in [0.1, 0.15) is 0 Å². The molecule has 0 rings (SSSR count). The number of aliphatic hydroxyl groups excluding tert-OH is 2. The minimum absolute atomic E-state index is 0.0550. The Morgan fingerprint density at radius 3 is 2.20 bits per heavy atom. The molecule has 0 aliphatic carbocycles. The highest BCUT2D eigenvalue weighted by Crippen LogP contribution is 2.02. The lowest BCUT2D eigenvalue weighted by molar-refractivity contribution is -0.305. The average Bonchev–Trinajstić information content (AvgIpc) is 2.57. The van der Waals surface area contributed by atoms with Crippen molar-refractivity contribution in [2.75, 3.05) is 0 Å². The molecule has 0 radical (unpaired) electrons. The number of allylic oxidation sites excluding steroid dienone is 7. The molecule has 25 heavy (non-hydrogen) atoms. The maximum Gasteiger partial charge on any atom is 0.155 e. The Labute approximate surface area is 149 Å². The summed E-state index contributed by atoms with van der Waals surface area (Å²) >= 11 is 0. The molecule has 0 aromatic heterocycles. The lowest BCUT2D eigenvalue weighted by atomic mass is 10.1. The van der Waals surface area contributed by atoms with Gasteiger partial charge in [-0.25, -0.2) is 0 Å². The molecule has 0 saturated carbocycles. The van der Waals surface area contributed by atoms with E-state index in [1.54, 1.807) is 61.6 Å². The molecule has 138 valence electrons. The van der Waals surface area contributed by atoms with Crippen LogP contribution in [0.15, 0.2) is 60.8 Å². The van der Waals surface area contributed by atoms with Crippen LogP contribution in [0.5, 0.6) is 0 Å². The number of carboxylic acids is 1. The molecule has 5 heteroatoms. The second kappa shape index (κ2) is 15.3. The van der Waals surface area contributed by atoms with E-state index in [2.05, 4.69) is 0 Å². The van der Waals surface area contributed by atoms with Crippen LogP contribution < -0.4 is 5.11 Å². The zero-order chi connectivity index (χ0) is 18.9. The molecule has 0 heterocycles. The Morgan fingerprint density at radius 2 is 1.60 bits per heavy atom. The third kappa shape index (κ3) is 16.4. The van der Waals surface area contributed by atoms with Gasteiger partial charge in [-0.15, -0.1) is 0 Å². The molecule has 5 nitrogen and oxygen atoms in total. The fourth-order valence-electron chi connectivity index (χ4n) is 1.72. The number of aliphatic carboxylic acids is 1. The Bertz CT molecular complexity index is 526. The van der Waals surface area contributed by atoms with Gasteiger partial charge in [-0.1, -0.05) is 61.6 Å². The topological polar surface area (TPSA) is 97.7 Å². The van der Waals surface area contributed by atoms with Crippen molar-refractivity contribution in [2.24, 2.45) is 0 Å². The summed E-state index contributed by atoms with van der Waals surface area (Å²) in [6.07, 6.45) is 17.0. The molecular formula is C20H27O5-. The molecule has 0 amide bonds. The highest BCUT2D eigenvalue weighted by molar-refractivity contribution is 5.89. The lowest BCUT2D eigenvalue weighted by Crippen LogP contribution is -2.22. The van der Waals surface area contributed by atoms with Crippen molar-refractivity contribution in [2.45, 2.75) is 51.2 Å². The molecule has 0 aromatic carbocycles. The molecule has 2 atom stereocenters. The van der Waals surface area contributed by atoms with Gasteiger partial charge in [0, 0.05) is 12.4 Å². The molecule has 0 spiro atoms. The molecule has 0 bridgehead atoms. The third-order valence-electron chi connectivity index (χ3n) is 3.14. The maximum atomic E-state index is 11.0. The molecule has 0 saturated heterocycles. The summed E-state index contributed by atoms with van der Waals surface area (Å²) in [5.74, 6) is -1.05. The number of ketones is 1. The lowest BCUT2D eigenvalue weighted by Gasteiger charge is -2.04. The first-order chi connectivity index (χ1) is 12.0. The standard InChI is InChI=1S/C20H28O5/c1-2-17(21)11-8-5-9-14-18(22)12-6-3-4-7-13-19(23)15-10-16-20(24)25/h3-9,11-13,18-19,22-23H,2,10,14-16H2,1H3,(H,24,25)/p-1/b4-3+,9-5-,11-8+,12-6+,13-7-/t18-,19+/m0/s1. The number of carboxylic acid groups (broad SMARTS) is 1. The van der Waals surface area contributed by atoms with E-state index < -0.39 is 18.2 Å².